The summed E-state index contributed by atoms with van der Waals surface area (Å²) in [6, 6.07) is 2.76. The van der Waals surface area contributed by atoms with E-state index in [1.54, 1.807) is 25.6 Å². The van der Waals surface area contributed by atoms with Crippen LogP contribution < -0.4 is 16.4 Å². The molecule has 0 radical (unpaired) electrons. The zero-order chi connectivity index (χ0) is 37.8. The number of thioether (sulfide) groups is 1. The molecule has 3 fully saturated rings. The predicted octanol–water partition coefficient (Wildman–Crippen LogP) is 1.65. The minimum atomic E-state index is -3.49. The molecule has 0 bridgehead atoms. The predicted molar refractivity (Wildman–Crippen MR) is 193 cm³/mol. The third-order valence-corrected chi connectivity index (χ3v) is 13.3. The molecule has 3 aliphatic rings. The largest absolute Gasteiger partial charge is 0.384 e. The number of nitrogens with two attached hydrogens (primary N) is 1. The van der Waals surface area contributed by atoms with Gasteiger partial charge in [0.25, 0.3) is 11.8 Å². The Balaban J connectivity index is 1.48. The van der Waals surface area contributed by atoms with E-state index < -0.39 is 68.5 Å². The molecule has 0 spiro atoms. The van der Waals surface area contributed by atoms with Gasteiger partial charge in [-0.15, -0.1) is 5.10 Å². The SMILES string of the molecule is CCS(=O)(=O)c1ccc(C(=O)N[C@H](CC2CCCCC2)C(=O)N2C[C@@H](n3nncc3C(C)(C)O)C[C@H]2C(=O)NC2(C(=O)C(N)=O)CCSCC2)cc1. The van der Waals surface area contributed by atoms with Gasteiger partial charge in [0, 0.05) is 18.5 Å². The number of hydrogen-bond donors (Lipinski definition) is 4. The summed E-state index contributed by atoms with van der Waals surface area (Å²) in [5.41, 5.74) is 3.12. The van der Waals surface area contributed by atoms with Crippen molar-refractivity contribution in [2.45, 2.75) is 113 Å². The first-order valence-corrected chi connectivity index (χ1v) is 20.7. The molecule has 2 aromatic rings. The normalized spacial score (nSPS) is 21.7. The van der Waals surface area contributed by atoms with Crippen LogP contribution in [0.3, 0.4) is 0 Å². The quantitative estimate of drug-likeness (QED) is 0.215. The van der Waals surface area contributed by atoms with Crippen molar-refractivity contribution in [3.05, 3.63) is 41.7 Å². The monoisotopic (exact) mass is 759 g/mol. The summed E-state index contributed by atoms with van der Waals surface area (Å²) in [6.07, 6.45) is 6.99. The Kier molecular flexibility index (Phi) is 12.1. The molecule has 1 aromatic heterocycles. The molecule has 5 rings (SSSR count). The van der Waals surface area contributed by atoms with Crippen LogP contribution in [0.15, 0.2) is 35.4 Å². The maximum atomic E-state index is 14.7. The van der Waals surface area contributed by atoms with Crippen molar-refractivity contribution in [2.75, 3.05) is 23.8 Å². The molecule has 1 aliphatic carbocycles. The van der Waals surface area contributed by atoms with Crippen LogP contribution in [0.4, 0.5) is 0 Å². The molecular weight excluding hydrogens is 711 g/mol. The van der Waals surface area contributed by atoms with Crippen LogP contribution >= 0.6 is 11.8 Å². The first-order chi connectivity index (χ1) is 24.6. The molecule has 3 atom stereocenters. The number of amides is 4. The number of ketones is 1. The standard InChI is InChI=1S/C35H49N7O8S2/c1-4-52(49,50)25-12-10-23(11-13-25)31(45)38-26(18-22-8-6-5-7-9-22)33(47)41-21-24(42-28(20-37-40-42)34(2,3)48)19-27(41)32(46)39-35(29(43)30(36)44)14-16-51-17-15-35/h10-13,20,22,24,26-27,48H,4-9,14-19,21H2,1-3H3,(H2,36,44)(H,38,45)(H,39,46)/t24-,26+,27-/m0/s1. The van der Waals surface area contributed by atoms with Crippen molar-refractivity contribution in [1.29, 1.82) is 0 Å². The molecule has 17 heteroatoms. The van der Waals surface area contributed by atoms with Gasteiger partial charge in [-0.2, -0.15) is 11.8 Å². The van der Waals surface area contributed by atoms with Crippen molar-refractivity contribution in [3.63, 3.8) is 0 Å². The van der Waals surface area contributed by atoms with Crippen molar-refractivity contribution >= 4 is 51.0 Å². The van der Waals surface area contributed by atoms with Gasteiger partial charge in [0.2, 0.25) is 17.6 Å². The van der Waals surface area contributed by atoms with E-state index in [4.69, 9.17) is 5.73 Å². The van der Waals surface area contributed by atoms with Crippen LogP contribution in [0.5, 0.6) is 0 Å². The van der Waals surface area contributed by atoms with Gasteiger partial charge in [0.1, 0.15) is 23.2 Å². The smallest absolute Gasteiger partial charge is 0.287 e. The zero-order valence-corrected chi connectivity index (χ0v) is 31.5. The molecule has 5 N–H and O–H groups in total. The lowest BCUT2D eigenvalue weighted by Gasteiger charge is -2.37. The van der Waals surface area contributed by atoms with E-state index >= 15 is 0 Å². The summed E-state index contributed by atoms with van der Waals surface area (Å²) in [6.45, 7) is 4.66. The summed E-state index contributed by atoms with van der Waals surface area (Å²) < 4.78 is 26.2. The minimum absolute atomic E-state index is 0.0173. The third-order valence-electron chi connectivity index (χ3n) is 10.5. The van der Waals surface area contributed by atoms with E-state index in [1.165, 1.54) is 47.0 Å². The second kappa shape index (κ2) is 16.0. The Bertz CT molecular complexity index is 1760. The number of nitrogens with zero attached hydrogens (tertiary/aromatic N) is 4. The van der Waals surface area contributed by atoms with E-state index in [0.29, 0.717) is 23.6 Å². The molecule has 1 saturated carbocycles. The number of carbonyl (C=O) groups is 5. The van der Waals surface area contributed by atoms with Gasteiger partial charge in [-0.1, -0.05) is 44.2 Å². The van der Waals surface area contributed by atoms with Gasteiger partial charge in [0.15, 0.2) is 9.84 Å². The molecule has 0 unspecified atom stereocenters. The molecule has 52 heavy (non-hydrogen) atoms. The first kappa shape index (κ1) is 39.4. The number of aliphatic hydroxyl groups is 1. The average Bonchev–Trinajstić information content (AvgIpc) is 3.80. The van der Waals surface area contributed by atoms with Crippen LogP contribution in [-0.4, -0.2) is 104 Å². The van der Waals surface area contributed by atoms with Crippen LogP contribution in [-0.2, 0) is 34.6 Å². The number of nitrogens with one attached hydrogen (secondary N) is 2. The summed E-state index contributed by atoms with van der Waals surface area (Å²) in [7, 11) is -3.49. The molecule has 1 aromatic carbocycles. The van der Waals surface area contributed by atoms with Crippen LogP contribution in [0, 0.1) is 5.92 Å². The van der Waals surface area contributed by atoms with E-state index in [2.05, 4.69) is 20.9 Å². The van der Waals surface area contributed by atoms with Crippen molar-refractivity contribution in [1.82, 2.24) is 30.5 Å². The number of Topliss-reactive ketones (excluding diaryl/α,β-unsaturated/α-hetero) is 1. The van der Waals surface area contributed by atoms with Gasteiger partial charge in [-0.05, 0) is 74.8 Å². The Morgan fingerprint density at radius 1 is 1.08 bits per heavy atom. The number of likely N-dealkylation sites (tertiary alicyclic amines) is 1. The zero-order valence-electron chi connectivity index (χ0n) is 29.9. The number of sulfone groups is 1. The summed E-state index contributed by atoms with van der Waals surface area (Å²) in [5, 5.41) is 24.8. The Morgan fingerprint density at radius 2 is 1.73 bits per heavy atom. The Hall–Kier alpha value is -3.83. The number of carbonyl (C=O) groups excluding carboxylic acids is 5. The van der Waals surface area contributed by atoms with E-state index in [-0.39, 0.29) is 47.9 Å². The fourth-order valence-electron chi connectivity index (χ4n) is 7.52. The van der Waals surface area contributed by atoms with Crippen molar-refractivity contribution in [3.8, 4) is 0 Å². The average molecular weight is 760 g/mol. The summed E-state index contributed by atoms with van der Waals surface area (Å²) in [4.78, 5) is 69.5. The summed E-state index contributed by atoms with van der Waals surface area (Å²) >= 11 is 1.59. The van der Waals surface area contributed by atoms with Gasteiger partial charge < -0.3 is 26.4 Å². The molecule has 2 aliphatic heterocycles. The number of rotatable bonds is 13. The highest BCUT2D eigenvalue weighted by molar-refractivity contribution is 7.99. The lowest BCUT2D eigenvalue weighted by molar-refractivity contribution is -0.145. The highest BCUT2D eigenvalue weighted by atomic mass is 32.2. The van der Waals surface area contributed by atoms with Crippen LogP contribution in [0.2, 0.25) is 0 Å². The molecule has 3 heterocycles. The number of aromatic nitrogens is 3. The first-order valence-electron chi connectivity index (χ1n) is 17.9. The topological polar surface area (TPSA) is 224 Å². The third kappa shape index (κ3) is 8.68. The number of primary amides is 1. The molecule has 2 saturated heterocycles. The lowest BCUT2D eigenvalue weighted by Crippen LogP contribution is -2.63. The Labute approximate surface area is 308 Å². The molecule has 15 nitrogen and oxygen atoms in total. The van der Waals surface area contributed by atoms with Crippen LogP contribution in [0.1, 0.15) is 101 Å². The number of hydrogen-bond acceptors (Lipinski definition) is 11. The van der Waals surface area contributed by atoms with Gasteiger partial charge in [-0.25, -0.2) is 13.1 Å². The number of benzene rings is 1. The van der Waals surface area contributed by atoms with Crippen molar-refractivity contribution < 1.29 is 37.5 Å². The van der Waals surface area contributed by atoms with Gasteiger partial charge in [0.05, 0.1) is 28.6 Å². The molecular formula is C35H49N7O8S2. The Morgan fingerprint density at radius 3 is 2.33 bits per heavy atom. The van der Waals surface area contributed by atoms with Crippen LogP contribution in [0.25, 0.3) is 0 Å². The van der Waals surface area contributed by atoms with Crippen molar-refractivity contribution in [2.24, 2.45) is 11.7 Å². The highest BCUT2D eigenvalue weighted by Crippen LogP contribution is 2.35. The fourth-order valence-corrected chi connectivity index (χ4v) is 9.59. The minimum Gasteiger partial charge on any atom is -0.384 e. The second-order valence-electron chi connectivity index (χ2n) is 14.6. The van der Waals surface area contributed by atoms with Gasteiger partial charge in [-0.3, -0.25) is 24.0 Å². The van der Waals surface area contributed by atoms with Gasteiger partial charge >= 0.3 is 0 Å². The maximum Gasteiger partial charge on any atom is 0.287 e. The van der Waals surface area contributed by atoms with E-state index in [1.807, 2.05) is 0 Å². The van der Waals surface area contributed by atoms with E-state index in [9.17, 15) is 37.5 Å². The highest BCUT2D eigenvalue weighted by Gasteiger charge is 2.49. The summed E-state index contributed by atoms with van der Waals surface area (Å²) in [5.74, 6) is -2.69. The molecule has 4 amide bonds. The second-order valence-corrected chi connectivity index (χ2v) is 18.1. The maximum absolute atomic E-state index is 14.7. The molecule has 284 valence electrons. The van der Waals surface area contributed by atoms with E-state index in [0.717, 1.165) is 32.1 Å². The lowest BCUT2D eigenvalue weighted by atomic mass is 9.84. The fraction of sp³-hybridized carbons (Fsp3) is 0.629.